The molecule has 0 aromatic heterocycles. The second-order valence-corrected chi connectivity index (χ2v) is 15.5. The van der Waals surface area contributed by atoms with Crippen molar-refractivity contribution in [2.24, 2.45) is 5.73 Å². The average Bonchev–Trinajstić information content (AvgIpc) is 3.58. The van der Waals surface area contributed by atoms with Gasteiger partial charge in [-0.1, -0.05) is 42.0 Å². The molecule has 4 bridgehead atoms. The van der Waals surface area contributed by atoms with E-state index in [4.69, 9.17) is 45.8 Å². The number of anilines is 1. The number of phenols is 2. The smallest absolute Gasteiger partial charge is 0.341 e. The second kappa shape index (κ2) is 15.7. The number of nitrogens with zero attached hydrogens (tertiary/aromatic N) is 1. The minimum Gasteiger partial charge on any atom is -0.508 e. The molecule has 8 rings (SSSR count). The topological polar surface area (TPSA) is 229 Å². The number of benzene rings is 2. The van der Waals surface area contributed by atoms with Crippen molar-refractivity contribution < 1.29 is 63.2 Å². The Morgan fingerprint density at radius 1 is 1.12 bits per heavy atom. The number of fused-ring (bicyclic) bond motifs is 9. The van der Waals surface area contributed by atoms with Crippen molar-refractivity contribution in [1.82, 2.24) is 4.90 Å². The fraction of sp³-hybridized carbons (Fsp3) is 0.357. The first kappa shape index (κ1) is 41.3. The zero-order valence-corrected chi connectivity index (χ0v) is 32.9. The summed E-state index contributed by atoms with van der Waals surface area (Å²) < 4.78 is 36.2. The van der Waals surface area contributed by atoms with E-state index in [1.807, 2.05) is 0 Å². The van der Waals surface area contributed by atoms with Gasteiger partial charge in [-0.05, 0) is 69.8 Å². The maximum atomic E-state index is 13.9. The van der Waals surface area contributed by atoms with Crippen molar-refractivity contribution >= 4 is 35.1 Å². The van der Waals surface area contributed by atoms with Crippen molar-refractivity contribution in [3.05, 3.63) is 88.2 Å². The lowest BCUT2D eigenvalue weighted by atomic mass is 9.85. The molecule has 2 aromatic carbocycles. The SMILES string of the molecule is C=C1Oc2cc(O)cc(C(=O)O[C@H]3COC(=O)C[C@H](N)c4cc(O)c(c(Cl)c4)O[C@@H]4C#CC=C3C#CC3=CC=C[C@@]34O[C@@H]3OC(C)(C)[C@@H](N(C)C)[C@@H](O)[C@H]3O)c2NC1=O. The monoisotopic (exact) mass is 829 g/mol. The van der Waals surface area contributed by atoms with Crippen LogP contribution in [-0.4, -0.2) is 112 Å². The molecule has 2 aliphatic carbocycles. The lowest BCUT2D eigenvalue weighted by Crippen LogP contribution is -2.68. The summed E-state index contributed by atoms with van der Waals surface area (Å²) >= 11 is 6.68. The molecule has 4 heterocycles. The molecule has 308 valence electrons. The number of amides is 1. The lowest BCUT2D eigenvalue weighted by molar-refractivity contribution is -0.329. The van der Waals surface area contributed by atoms with Crippen molar-refractivity contribution in [1.29, 1.82) is 0 Å². The molecule has 6 aliphatic rings. The summed E-state index contributed by atoms with van der Waals surface area (Å²) in [6.07, 6.45) is -1.63. The lowest BCUT2D eigenvalue weighted by Gasteiger charge is -2.51. The van der Waals surface area contributed by atoms with Crippen LogP contribution in [0, 0.1) is 23.7 Å². The molecule has 7 N–H and O–H groups in total. The third kappa shape index (κ3) is 7.87. The second-order valence-electron chi connectivity index (χ2n) is 15.1. The van der Waals surface area contributed by atoms with Gasteiger partial charge in [0.2, 0.25) is 0 Å². The summed E-state index contributed by atoms with van der Waals surface area (Å²) in [6, 6.07) is 3.23. The number of halogens is 1. The Bertz CT molecular complexity index is 2340. The largest absolute Gasteiger partial charge is 0.508 e. The maximum absolute atomic E-state index is 13.9. The molecule has 1 saturated heterocycles. The number of hydrogen-bond donors (Lipinski definition) is 6. The highest BCUT2D eigenvalue weighted by atomic mass is 35.5. The van der Waals surface area contributed by atoms with E-state index in [9.17, 15) is 34.8 Å². The Morgan fingerprint density at radius 3 is 2.61 bits per heavy atom. The molecule has 8 atom stereocenters. The molecule has 2 aromatic rings. The number of ether oxygens (including phenoxy) is 6. The standard InChI is InChI=1S/C42H40ClN3O13/c1-20-38(52)45-33-25(16-24(47)17-29(33)55-20)39(53)56-30-19-54-32(49)18-27(44)22-14-26(43)36(28(48)15-22)57-31-10-6-8-21(30)11-12-23-9-7-13-42(23,31)59-40-35(51)34(50)37(46(4)5)41(2,3)58-40/h7-9,13-17,27,30-31,34-35,37,40,47-48,50-51H,1,18-19,44H2,2-5H3,(H,45,52)/t27-,30-,31+,34-,35+,37-,40-,42+/m0/s1. The number of aliphatic hydroxyl groups excluding tert-OH is 2. The van der Waals surface area contributed by atoms with Crippen molar-refractivity contribution in [3.8, 4) is 46.7 Å². The Kier molecular flexibility index (Phi) is 11.0. The van der Waals surface area contributed by atoms with Crippen LogP contribution in [0.25, 0.3) is 0 Å². The molecule has 16 nitrogen and oxygen atoms in total. The zero-order valence-electron chi connectivity index (χ0n) is 32.1. The van der Waals surface area contributed by atoms with E-state index >= 15 is 0 Å². The van der Waals surface area contributed by atoms with Gasteiger partial charge in [0.15, 0.2) is 47.1 Å². The van der Waals surface area contributed by atoms with E-state index in [-0.39, 0.29) is 50.2 Å². The predicted molar refractivity (Wildman–Crippen MR) is 209 cm³/mol. The summed E-state index contributed by atoms with van der Waals surface area (Å²) in [6.45, 7) is 6.39. The molecule has 0 spiro atoms. The van der Waals surface area contributed by atoms with E-state index < -0.39 is 96.4 Å². The molecule has 0 radical (unpaired) electrons. The molecule has 4 aliphatic heterocycles. The first-order valence-electron chi connectivity index (χ1n) is 18.3. The Hall–Kier alpha value is -5.82. The van der Waals surface area contributed by atoms with Gasteiger partial charge in [0, 0.05) is 23.8 Å². The van der Waals surface area contributed by atoms with Gasteiger partial charge >= 0.3 is 11.9 Å². The third-order valence-electron chi connectivity index (χ3n) is 10.3. The van der Waals surface area contributed by atoms with Crippen LogP contribution in [0.5, 0.6) is 23.0 Å². The fourth-order valence-corrected chi connectivity index (χ4v) is 7.77. The number of aliphatic hydroxyl groups is 2. The first-order chi connectivity index (χ1) is 27.9. The van der Waals surface area contributed by atoms with E-state index in [0.29, 0.717) is 0 Å². The minimum atomic E-state index is -1.81. The Labute approximate surface area is 343 Å². The van der Waals surface area contributed by atoms with Crippen molar-refractivity contribution in [3.63, 3.8) is 0 Å². The van der Waals surface area contributed by atoms with Crippen LogP contribution in [0.15, 0.2) is 72.1 Å². The van der Waals surface area contributed by atoms with Crippen LogP contribution in [0.4, 0.5) is 5.69 Å². The first-order valence-corrected chi connectivity index (χ1v) is 18.6. The number of nitrogens with two attached hydrogens (primary N) is 1. The number of phenolic OH excluding ortho intramolecular Hbond substituents is 2. The fourth-order valence-electron chi connectivity index (χ4n) is 7.51. The third-order valence-corrected chi connectivity index (χ3v) is 10.6. The van der Waals surface area contributed by atoms with Gasteiger partial charge in [0.1, 0.15) is 24.6 Å². The minimum absolute atomic E-state index is 0.0172. The Balaban J connectivity index is 1.33. The number of nitrogens with one attached hydrogen (secondary N) is 1. The molecule has 59 heavy (non-hydrogen) atoms. The number of aromatic hydroxyl groups is 2. The number of hydrogen-bond acceptors (Lipinski definition) is 15. The average molecular weight is 830 g/mol. The highest BCUT2D eigenvalue weighted by molar-refractivity contribution is 6.32. The van der Waals surface area contributed by atoms with Crippen LogP contribution in [-0.2, 0) is 28.5 Å². The number of rotatable bonds is 5. The summed E-state index contributed by atoms with van der Waals surface area (Å²) in [5.74, 6) is 7.74. The summed E-state index contributed by atoms with van der Waals surface area (Å²) in [4.78, 5) is 41.3. The van der Waals surface area contributed by atoms with Crippen molar-refractivity contribution in [2.75, 3.05) is 26.0 Å². The number of carbonyl (C=O) groups excluding carboxylic acids is 3. The number of likely N-dealkylation sites (N-methyl/N-ethyl adjacent to an activating group) is 1. The molecular weight excluding hydrogens is 790 g/mol. The van der Waals surface area contributed by atoms with E-state index in [0.717, 1.165) is 6.07 Å². The highest BCUT2D eigenvalue weighted by Crippen LogP contribution is 2.44. The van der Waals surface area contributed by atoms with E-state index in [2.05, 4.69) is 35.6 Å². The molecule has 0 unspecified atom stereocenters. The van der Waals surface area contributed by atoms with Gasteiger partial charge in [-0.15, -0.1) is 0 Å². The summed E-state index contributed by atoms with van der Waals surface area (Å²) in [7, 11) is 3.48. The predicted octanol–water partition coefficient (Wildman–Crippen LogP) is 2.50. The van der Waals surface area contributed by atoms with E-state index in [1.165, 1.54) is 24.3 Å². The maximum Gasteiger partial charge on any atom is 0.341 e. The molecular formula is C42H40ClN3O13. The Morgan fingerprint density at radius 2 is 1.88 bits per heavy atom. The van der Waals surface area contributed by atoms with Crippen LogP contribution >= 0.6 is 11.6 Å². The van der Waals surface area contributed by atoms with Crippen molar-refractivity contribution in [2.45, 2.75) is 74.3 Å². The van der Waals surface area contributed by atoms with Gasteiger partial charge in [0.25, 0.3) is 5.91 Å². The molecule has 0 saturated carbocycles. The quantitative estimate of drug-likeness (QED) is 0.110. The molecule has 17 heteroatoms. The van der Waals surface area contributed by atoms with Gasteiger partial charge in [-0.3, -0.25) is 9.59 Å². The van der Waals surface area contributed by atoms with Gasteiger partial charge in [-0.2, -0.15) is 0 Å². The number of carbonyl (C=O) groups is 3. The number of esters is 2. The van der Waals surface area contributed by atoms with Crippen LogP contribution in [0.2, 0.25) is 5.02 Å². The van der Waals surface area contributed by atoms with Gasteiger partial charge in [0.05, 0.1) is 39.9 Å². The summed E-state index contributed by atoms with van der Waals surface area (Å²) in [5.41, 5.74) is 3.52. The molecule has 1 amide bonds. The van der Waals surface area contributed by atoms with Gasteiger partial charge in [-0.25, -0.2) is 4.79 Å². The molecule has 1 fully saturated rings. The van der Waals surface area contributed by atoms with E-state index in [1.54, 1.807) is 51.1 Å². The zero-order chi connectivity index (χ0) is 42.6. The normalized spacial score (nSPS) is 29.4. The summed E-state index contributed by atoms with van der Waals surface area (Å²) in [5, 5.41) is 46.9. The highest BCUT2D eigenvalue weighted by Gasteiger charge is 2.55. The number of allylic oxidation sites excluding steroid dienone is 3. The van der Waals surface area contributed by atoms with Crippen LogP contribution < -0.4 is 20.5 Å². The van der Waals surface area contributed by atoms with Crippen LogP contribution in [0.1, 0.15) is 42.2 Å². The van der Waals surface area contributed by atoms with Crippen LogP contribution in [0.3, 0.4) is 0 Å². The van der Waals surface area contributed by atoms with Gasteiger partial charge < -0.3 is 64.8 Å².